The van der Waals surface area contributed by atoms with E-state index in [1.807, 2.05) is 0 Å². The largest absolute Gasteiger partial charge is 0.489 e. The Morgan fingerprint density at radius 2 is 2.25 bits per heavy atom. The maximum absolute atomic E-state index is 13.1. The summed E-state index contributed by atoms with van der Waals surface area (Å²) in [6, 6.07) is 2.93. The van der Waals surface area contributed by atoms with Crippen molar-refractivity contribution in [3.63, 3.8) is 0 Å². The molecule has 12 heavy (non-hydrogen) atoms. The van der Waals surface area contributed by atoms with Gasteiger partial charge in [0.15, 0.2) is 11.6 Å². The van der Waals surface area contributed by atoms with Crippen LogP contribution in [-0.2, 0) is 0 Å². The van der Waals surface area contributed by atoms with Crippen LogP contribution in [0.5, 0.6) is 5.75 Å². The van der Waals surface area contributed by atoms with Crippen LogP contribution in [0.25, 0.3) is 0 Å². The number of hydrogen-bond acceptors (Lipinski definition) is 2. The summed E-state index contributed by atoms with van der Waals surface area (Å²) in [5.41, 5.74) is 5.82. The zero-order valence-electron chi connectivity index (χ0n) is 6.60. The zero-order valence-corrected chi connectivity index (χ0v) is 8.19. The van der Waals surface area contributed by atoms with Gasteiger partial charge in [-0.2, -0.15) is 0 Å². The van der Waals surface area contributed by atoms with Gasteiger partial charge in [0.2, 0.25) is 0 Å². The van der Waals surface area contributed by atoms with Gasteiger partial charge in [-0.1, -0.05) is 15.9 Å². The van der Waals surface area contributed by atoms with Gasteiger partial charge in [-0.15, -0.1) is 0 Å². The standard InChI is InChI=1S/C8H9BrFNO/c1-2-12-8-6(10)3-5(9)4-7(8)11/h3-4H,2,11H2,1H3. The first kappa shape index (κ1) is 9.32. The van der Waals surface area contributed by atoms with Crippen LogP contribution in [0.15, 0.2) is 16.6 Å². The highest BCUT2D eigenvalue weighted by atomic mass is 79.9. The molecule has 0 atom stereocenters. The van der Waals surface area contributed by atoms with Crippen LogP contribution < -0.4 is 10.5 Å². The minimum atomic E-state index is -0.441. The summed E-state index contributed by atoms with van der Waals surface area (Å²) in [5, 5.41) is 0. The summed E-state index contributed by atoms with van der Waals surface area (Å²) in [7, 11) is 0. The molecule has 1 rings (SSSR count). The summed E-state index contributed by atoms with van der Waals surface area (Å²) in [6.07, 6.45) is 0. The Labute approximate surface area is 78.6 Å². The quantitative estimate of drug-likeness (QED) is 0.798. The van der Waals surface area contributed by atoms with Crippen LogP contribution in [0.4, 0.5) is 10.1 Å². The predicted octanol–water partition coefficient (Wildman–Crippen LogP) is 2.57. The van der Waals surface area contributed by atoms with Crippen molar-refractivity contribution in [3.8, 4) is 5.75 Å². The molecule has 1 aromatic carbocycles. The van der Waals surface area contributed by atoms with Gasteiger partial charge in [-0.05, 0) is 19.1 Å². The Hall–Kier alpha value is -0.770. The summed E-state index contributed by atoms with van der Waals surface area (Å²) < 4.78 is 18.7. The molecule has 0 bridgehead atoms. The van der Waals surface area contributed by atoms with Crippen molar-refractivity contribution < 1.29 is 9.13 Å². The second kappa shape index (κ2) is 3.76. The Bertz CT molecular complexity index is 267. The second-order valence-corrected chi connectivity index (χ2v) is 3.15. The first-order valence-electron chi connectivity index (χ1n) is 3.52. The average molecular weight is 234 g/mol. The Morgan fingerprint density at radius 1 is 1.58 bits per heavy atom. The Kier molecular flexibility index (Phi) is 2.92. The lowest BCUT2D eigenvalue weighted by atomic mass is 10.3. The fourth-order valence-corrected chi connectivity index (χ4v) is 1.32. The second-order valence-electron chi connectivity index (χ2n) is 2.24. The normalized spacial score (nSPS) is 9.92. The van der Waals surface area contributed by atoms with E-state index in [2.05, 4.69) is 15.9 Å². The maximum Gasteiger partial charge on any atom is 0.177 e. The van der Waals surface area contributed by atoms with Crippen LogP contribution in [0.2, 0.25) is 0 Å². The van der Waals surface area contributed by atoms with Crippen molar-refractivity contribution in [2.24, 2.45) is 0 Å². The highest BCUT2D eigenvalue weighted by molar-refractivity contribution is 9.10. The molecular weight excluding hydrogens is 225 g/mol. The van der Waals surface area contributed by atoms with E-state index in [9.17, 15) is 4.39 Å². The van der Waals surface area contributed by atoms with Gasteiger partial charge in [0.1, 0.15) is 0 Å². The number of hydrogen-bond donors (Lipinski definition) is 1. The van der Waals surface area contributed by atoms with Crippen molar-refractivity contribution in [3.05, 3.63) is 22.4 Å². The van der Waals surface area contributed by atoms with E-state index >= 15 is 0 Å². The molecule has 0 saturated heterocycles. The molecule has 0 aliphatic carbocycles. The summed E-state index contributed by atoms with van der Waals surface area (Å²) >= 11 is 3.12. The van der Waals surface area contributed by atoms with Crippen molar-refractivity contribution in [1.29, 1.82) is 0 Å². The van der Waals surface area contributed by atoms with E-state index in [4.69, 9.17) is 10.5 Å². The van der Waals surface area contributed by atoms with Crippen LogP contribution in [0.1, 0.15) is 6.92 Å². The lowest BCUT2D eigenvalue weighted by Gasteiger charge is -2.07. The number of ether oxygens (including phenoxy) is 1. The van der Waals surface area contributed by atoms with Crippen LogP contribution in [-0.4, -0.2) is 6.61 Å². The third-order valence-electron chi connectivity index (χ3n) is 1.33. The van der Waals surface area contributed by atoms with Gasteiger partial charge in [0.25, 0.3) is 0 Å². The van der Waals surface area contributed by atoms with E-state index in [1.54, 1.807) is 13.0 Å². The van der Waals surface area contributed by atoms with Gasteiger partial charge >= 0.3 is 0 Å². The molecule has 0 aliphatic rings. The molecule has 66 valence electrons. The fraction of sp³-hybridized carbons (Fsp3) is 0.250. The fourth-order valence-electron chi connectivity index (χ4n) is 0.877. The van der Waals surface area contributed by atoms with E-state index in [-0.39, 0.29) is 5.75 Å². The predicted molar refractivity (Wildman–Crippen MR) is 49.7 cm³/mol. The van der Waals surface area contributed by atoms with Crippen LogP contribution >= 0.6 is 15.9 Å². The summed E-state index contributed by atoms with van der Waals surface area (Å²) in [4.78, 5) is 0. The number of benzene rings is 1. The topological polar surface area (TPSA) is 35.2 Å². The van der Waals surface area contributed by atoms with Crippen molar-refractivity contribution in [1.82, 2.24) is 0 Å². The third-order valence-corrected chi connectivity index (χ3v) is 1.78. The summed E-state index contributed by atoms with van der Waals surface area (Å²) in [6.45, 7) is 2.18. The molecule has 0 spiro atoms. The van der Waals surface area contributed by atoms with Crippen molar-refractivity contribution in [2.45, 2.75) is 6.92 Å². The van der Waals surface area contributed by atoms with Gasteiger partial charge in [-0.25, -0.2) is 4.39 Å². The molecule has 0 aliphatic heterocycles. The molecule has 0 fully saturated rings. The molecule has 0 amide bonds. The lowest BCUT2D eigenvalue weighted by molar-refractivity contribution is 0.323. The molecule has 2 nitrogen and oxygen atoms in total. The smallest absolute Gasteiger partial charge is 0.177 e. The number of halogens is 2. The first-order chi connectivity index (χ1) is 5.65. The van der Waals surface area contributed by atoms with E-state index in [0.29, 0.717) is 16.8 Å². The van der Waals surface area contributed by atoms with E-state index < -0.39 is 5.82 Å². The van der Waals surface area contributed by atoms with E-state index in [1.165, 1.54) is 6.07 Å². The van der Waals surface area contributed by atoms with E-state index in [0.717, 1.165) is 0 Å². The average Bonchev–Trinajstić information content (AvgIpc) is 1.96. The molecule has 1 aromatic rings. The molecule has 2 N–H and O–H groups in total. The molecule has 0 radical (unpaired) electrons. The first-order valence-corrected chi connectivity index (χ1v) is 4.31. The molecule has 0 aromatic heterocycles. The molecule has 0 saturated carbocycles. The highest BCUT2D eigenvalue weighted by Crippen LogP contribution is 2.29. The number of rotatable bonds is 2. The SMILES string of the molecule is CCOc1c(N)cc(Br)cc1F. The number of nitrogen functional groups attached to an aromatic ring is 1. The van der Waals surface area contributed by atoms with Crippen molar-refractivity contribution >= 4 is 21.6 Å². The van der Waals surface area contributed by atoms with Crippen LogP contribution in [0, 0.1) is 5.82 Å². The molecule has 0 unspecified atom stereocenters. The zero-order chi connectivity index (χ0) is 9.14. The number of anilines is 1. The summed E-state index contributed by atoms with van der Waals surface area (Å²) in [5.74, 6) is -0.315. The third kappa shape index (κ3) is 1.88. The van der Waals surface area contributed by atoms with Crippen LogP contribution in [0.3, 0.4) is 0 Å². The molecular formula is C8H9BrFNO. The number of nitrogens with two attached hydrogens (primary N) is 1. The Balaban J connectivity index is 3.10. The van der Waals surface area contributed by atoms with Gasteiger partial charge in [-0.3, -0.25) is 0 Å². The Morgan fingerprint density at radius 3 is 2.75 bits per heavy atom. The highest BCUT2D eigenvalue weighted by Gasteiger charge is 2.07. The lowest BCUT2D eigenvalue weighted by Crippen LogP contribution is -1.99. The van der Waals surface area contributed by atoms with Gasteiger partial charge < -0.3 is 10.5 Å². The van der Waals surface area contributed by atoms with Gasteiger partial charge in [0, 0.05) is 4.47 Å². The van der Waals surface area contributed by atoms with Gasteiger partial charge in [0.05, 0.1) is 12.3 Å². The molecule has 0 heterocycles. The molecule has 4 heteroatoms. The monoisotopic (exact) mass is 233 g/mol. The minimum absolute atomic E-state index is 0.126. The van der Waals surface area contributed by atoms with Crippen molar-refractivity contribution in [2.75, 3.05) is 12.3 Å². The minimum Gasteiger partial charge on any atom is -0.489 e. The maximum atomic E-state index is 13.1.